The third-order valence-electron chi connectivity index (χ3n) is 14.1. The summed E-state index contributed by atoms with van der Waals surface area (Å²) in [6.45, 7) is 1.65. The maximum absolute atomic E-state index is 16.6. The number of nitrogens with zero attached hydrogens (tertiary/aromatic N) is 3. The molecule has 3 N–H and O–H groups in total. The van der Waals surface area contributed by atoms with Crippen LogP contribution < -0.4 is 15.0 Å². The fourth-order valence-corrected chi connectivity index (χ4v) is 10.9. The molecule has 3 fully saturated rings. The molecule has 3 heterocycles. The number of rotatable bonds is 10. The highest BCUT2D eigenvalue weighted by molar-refractivity contribution is 6.24. The largest absolute Gasteiger partial charge is 0.491 e. The van der Waals surface area contributed by atoms with Crippen LogP contribution in [0.5, 0.6) is 5.75 Å². The van der Waals surface area contributed by atoms with Gasteiger partial charge in [0.05, 0.1) is 43.4 Å². The topological polar surface area (TPSA) is 158 Å². The van der Waals surface area contributed by atoms with Crippen molar-refractivity contribution < 1.29 is 43.7 Å². The van der Waals surface area contributed by atoms with Crippen molar-refractivity contribution in [2.75, 3.05) is 32.3 Å². The Morgan fingerprint density at radius 1 is 0.838 bits per heavy atom. The van der Waals surface area contributed by atoms with Gasteiger partial charge in [-0.2, -0.15) is 0 Å². The Morgan fingerprint density at radius 3 is 2.10 bits per heavy atom. The average Bonchev–Trinajstić information content (AvgIpc) is 3.70. The Kier molecular flexibility index (Phi) is 13.2. The predicted octanol–water partition coefficient (Wildman–Crippen LogP) is 7.65. The molecule has 13 heteroatoms. The van der Waals surface area contributed by atoms with E-state index in [4.69, 9.17) is 14.3 Å². The van der Waals surface area contributed by atoms with Gasteiger partial charge >= 0.3 is 12.0 Å². The zero-order valence-corrected chi connectivity index (χ0v) is 38.4. The zero-order chi connectivity index (χ0) is 47.6. The molecule has 1 spiro atoms. The van der Waals surface area contributed by atoms with Gasteiger partial charge in [0.15, 0.2) is 0 Å². The number of esters is 1. The SMILES string of the molecule is CON(C)C(=O)[C@H]1[C@@H]2C(=O)OC(c3ccccc3)C(c3ccccc3)N2[C@@H](c2ccc(OCCO)cc2)[C@]12C(=O)N(C(=O)N[C@H](C)c1ccccc1)c1ccc(C#CC3(O)CCCCCC3)cc12. The number of fused-ring (bicyclic) bond motifs is 3. The Hall–Kier alpha value is -6.82. The van der Waals surface area contributed by atoms with E-state index in [1.165, 1.54) is 14.2 Å². The Balaban J connectivity index is 1.34. The molecule has 68 heavy (non-hydrogen) atoms. The van der Waals surface area contributed by atoms with Crippen LogP contribution in [0, 0.1) is 17.8 Å². The number of hydrogen-bond donors (Lipinski definition) is 3. The summed E-state index contributed by atoms with van der Waals surface area (Å²) in [7, 11) is 2.76. The molecule has 2 saturated heterocycles. The van der Waals surface area contributed by atoms with E-state index in [0.717, 1.165) is 46.8 Å². The first-order chi connectivity index (χ1) is 33.0. The molecular weight excluding hydrogens is 861 g/mol. The Labute approximate surface area is 396 Å². The minimum absolute atomic E-state index is 0.0395. The molecule has 5 aromatic carbocycles. The number of morpholine rings is 1. The van der Waals surface area contributed by atoms with E-state index in [9.17, 15) is 10.2 Å². The van der Waals surface area contributed by atoms with E-state index < -0.39 is 71.0 Å². The molecule has 7 atom stereocenters. The zero-order valence-electron chi connectivity index (χ0n) is 38.4. The van der Waals surface area contributed by atoms with Gasteiger partial charge in [-0.3, -0.25) is 24.1 Å². The number of nitrogens with one attached hydrogen (secondary N) is 1. The Morgan fingerprint density at radius 2 is 1.47 bits per heavy atom. The number of cyclic esters (lactones) is 1. The molecule has 350 valence electrons. The third-order valence-corrected chi connectivity index (χ3v) is 14.1. The van der Waals surface area contributed by atoms with Gasteiger partial charge in [0.2, 0.25) is 5.91 Å². The summed E-state index contributed by atoms with van der Waals surface area (Å²) < 4.78 is 12.4. The van der Waals surface area contributed by atoms with Crippen LogP contribution in [0.15, 0.2) is 133 Å². The molecule has 2 unspecified atom stereocenters. The number of urea groups is 1. The maximum Gasteiger partial charge on any atom is 0.329 e. The van der Waals surface area contributed by atoms with Gasteiger partial charge in [-0.05, 0) is 90.8 Å². The first kappa shape index (κ1) is 46.3. The smallest absolute Gasteiger partial charge is 0.329 e. The van der Waals surface area contributed by atoms with Crippen LogP contribution in [0.4, 0.5) is 10.5 Å². The van der Waals surface area contributed by atoms with Gasteiger partial charge in [0.1, 0.15) is 35.5 Å². The summed E-state index contributed by atoms with van der Waals surface area (Å²) in [6.07, 6.45) is 3.80. The summed E-state index contributed by atoms with van der Waals surface area (Å²) in [4.78, 5) is 71.2. The summed E-state index contributed by atoms with van der Waals surface area (Å²) in [6, 6.07) is 35.8. The number of anilines is 1. The van der Waals surface area contributed by atoms with Crippen molar-refractivity contribution in [3.63, 3.8) is 0 Å². The minimum atomic E-state index is -2.04. The monoisotopic (exact) mass is 916 g/mol. The molecular formula is C55H56N4O9. The van der Waals surface area contributed by atoms with Crippen molar-refractivity contribution >= 4 is 29.5 Å². The number of carbonyl (C=O) groups is 4. The molecule has 0 bridgehead atoms. The number of aliphatic hydroxyl groups excluding tert-OH is 1. The number of imide groups is 1. The first-order valence-electron chi connectivity index (χ1n) is 23.3. The average molecular weight is 917 g/mol. The molecule has 3 aliphatic heterocycles. The lowest BCUT2D eigenvalue weighted by Crippen LogP contribution is -2.56. The number of hydrogen-bond acceptors (Lipinski definition) is 10. The van der Waals surface area contributed by atoms with Crippen molar-refractivity contribution in [3.8, 4) is 17.6 Å². The summed E-state index contributed by atoms with van der Waals surface area (Å²) in [5.74, 6) is 3.12. The predicted molar refractivity (Wildman–Crippen MR) is 254 cm³/mol. The standard InChI is InChI=1S/C55H56N4O9/c1-36(38-17-9-6-10-18-38)56-53(64)58-44-28-23-37(29-32-54(65)30-15-4-5-16-31-54)35-43(44)55(52(58)63)45(50(61)57(2)66-3)47-51(62)68-48(40-21-13-8-14-22-40)46(39-19-11-7-12-20-39)59(47)49(55)41-24-26-42(27-25-41)67-34-33-60/h6-14,17-28,35-36,45-49,60,65H,4-5,15-16,30-31,33-34H2,1-3H3,(H,56,64)/t36-,45-,46?,47-,48?,49+,55-/m1/s1. The highest BCUT2D eigenvalue weighted by Crippen LogP contribution is 2.66. The van der Waals surface area contributed by atoms with Crippen LogP contribution >= 0.6 is 0 Å². The highest BCUT2D eigenvalue weighted by atomic mass is 16.7. The molecule has 4 amide bonds. The second kappa shape index (κ2) is 19.4. The molecule has 13 nitrogen and oxygen atoms in total. The lowest BCUT2D eigenvalue weighted by Gasteiger charge is -2.46. The van der Waals surface area contributed by atoms with Crippen LogP contribution in [-0.2, 0) is 29.4 Å². The lowest BCUT2D eigenvalue weighted by atomic mass is 9.65. The van der Waals surface area contributed by atoms with Gasteiger partial charge < -0.3 is 25.0 Å². The van der Waals surface area contributed by atoms with E-state index in [1.807, 2.05) is 103 Å². The number of benzene rings is 5. The maximum atomic E-state index is 16.6. The molecule has 0 aromatic heterocycles. The van der Waals surface area contributed by atoms with Gasteiger partial charge in [-0.1, -0.05) is 128 Å². The van der Waals surface area contributed by atoms with E-state index in [-0.39, 0.29) is 18.9 Å². The van der Waals surface area contributed by atoms with Crippen molar-refractivity contribution in [1.82, 2.24) is 15.3 Å². The van der Waals surface area contributed by atoms with Crippen LogP contribution in [0.3, 0.4) is 0 Å². The van der Waals surface area contributed by atoms with Crippen molar-refractivity contribution in [2.45, 2.75) is 86.7 Å². The van der Waals surface area contributed by atoms with Gasteiger partial charge in [0.25, 0.3) is 5.91 Å². The van der Waals surface area contributed by atoms with E-state index in [0.29, 0.717) is 40.8 Å². The number of hydroxylamine groups is 2. The van der Waals surface area contributed by atoms with E-state index in [1.54, 1.807) is 42.5 Å². The highest BCUT2D eigenvalue weighted by Gasteiger charge is 2.76. The van der Waals surface area contributed by atoms with Crippen molar-refractivity contribution in [2.24, 2.45) is 5.92 Å². The first-order valence-corrected chi connectivity index (χ1v) is 23.3. The molecule has 4 aliphatic rings. The summed E-state index contributed by atoms with van der Waals surface area (Å²) in [5.41, 5.74) is 0.470. The van der Waals surface area contributed by atoms with E-state index in [2.05, 4.69) is 17.2 Å². The second-order valence-corrected chi connectivity index (χ2v) is 18.1. The summed E-state index contributed by atoms with van der Waals surface area (Å²) >= 11 is 0. The number of amides is 4. The van der Waals surface area contributed by atoms with Crippen LogP contribution in [0.2, 0.25) is 0 Å². The lowest BCUT2D eigenvalue weighted by molar-refractivity contribution is -0.187. The number of aliphatic hydroxyl groups is 2. The van der Waals surface area contributed by atoms with Crippen LogP contribution in [0.1, 0.15) is 103 Å². The van der Waals surface area contributed by atoms with Crippen molar-refractivity contribution in [1.29, 1.82) is 0 Å². The third kappa shape index (κ3) is 8.32. The molecule has 1 saturated carbocycles. The van der Waals surface area contributed by atoms with Gasteiger partial charge in [-0.25, -0.2) is 14.8 Å². The van der Waals surface area contributed by atoms with Crippen LogP contribution in [0.25, 0.3) is 0 Å². The molecule has 1 aliphatic carbocycles. The molecule has 5 aromatic rings. The van der Waals surface area contributed by atoms with E-state index >= 15 is 19.2 Å². The molecule has 0 radical (unpaired) electrons. The normalized spacial score (nSPS) is 24.4. The second-order valence-electron chi connectivity index (χ2n) is 18.1. The molecule has 9 rings (SSSR count). The van der Waals surface area contributed by atoms with Gasteiger partial charge in [0, 0.05) is 12.6 Å². The fourth-order valence-electron chi connectivity index (χ4n) is 10.9. The fraction of sp³-hybridized carbons (Fsp3) is 0.345. The minimum Gasteiger partial charge on any atom is -0.491 e. The Bertz CT molecular complexity index is 2700. The summed E-state index contributed by atoms with van der Waals surface area (Å²) in [5, 5.41) is 25.4. The van der Waals surface area contributed by atoms with Crippen LogP contribution in [-0.4, -0.2) is 83.0 Å². The quantitative estimate of drug-likeness (QED) is 0.0550. The van der Waals surface area contributed by atoms with Crippen molar-refractivity contribution in [3.05, 3.63) is 167 Å². The number of ether oxygens (including phenoxy) is 2. The van der Waals surface area contributed by atoms with Gasteiger partial charge in [-0.15, -0.1) is 0 Å². The number of carbonyl (C=O) groups excluding carboxylic acids is 4.